The zero-order valence-corrected chi connectivity index (χ0v) is 14.7. The van der Waals surface area contributed by atoms with E-state index in [0.717, 1.165) is 13.0 Å². The molecule has 24 heavy (non-hydrogen) atoms. The zero-order valence-electron chi connectivity index (χ0n) is 14.7. The summed E-state index contributed by atoms with van der Waals surface area (Å²) in [7, 11) is 3.47. The molecule has 0 heterocycles. The molecule has 1 saturated carbocycles. The van der Waals surface area contributed by atoms with Gasteiger partial charge in [-0.15, -0.1) is 6.58 Å². The van der Waals surface area contributed by atoms with Crippen LogP contribution in [0, 0.1) is 5.41 Å². The molecule has 0 bridgehead atoms. The SMILES string of the molecule is C=CCNC(=NCC(=O)N(C)C)NCC1(Cc2ccccc2)CC1. The number of nitrogens with zero attached hydrogens (tertiary/aromatic N) is 2. The Labute approximate surface area is 144 Å². The third kappa shape index (κ3) is 5.72. The molecule has 0 spiro atoms. The van der Waals surface area contributed by atoms with Crippen LogP contribution in [0.3, 0.4) is 0 Å². The van der Waals surface area contributed by atoms with E-state index in [1.165, 1.54) is 18.4 Å². The quantitative estimate of drug-likeness (QED) is 0.435. The number of likely N-dealkylation sites (N-methyl/N-ethyl adjacent to an activating group) is 1. The van der Waals surface area contributed by atoms with Crippen LogP contribution in [0.25, 0.3) is 0 Å². The highest BCUT2D eigenvalue weighted by Crippen LogP contribution is 2.47. The fraction of sp³-hybridized carbons (Fsp3) is 0.474. The van der Waals surface area contributed by atoms with E-state index in [4.69, 9.17) is 0 Å². The van der Waals surface area contributed by atoms with Crippen LogP contribution in [0.15, 0.2) is 48.0 Å². The summed E-state index contributed by atoms with van der Waals surface area (Å²) in [6, 6.07) is 10.6. The van der Waals surface area contributed by atoms with E-state index in [1.807, 2.05) is 6.07 Å². The van der Waals surface area contributed by atoms with Crippen molar-refractivity contribution in [1.29, 1.82) is 0 Å². The number of aliphatic imine (C=N–C) groups is 1. The first-order chi connectivity index (χ1) is 11.5. The van der Waals surface area contributed by atoms with E-state index in [-0.39, 0.29) is 12.5 Å². The summed E-state index contributed by atoms with van der Waals surface area (Å²) in [5.74, 6) is 0.657. The number of nitrogens with one attached hydrogen (secondary N) is 2. The first-order valence-corrected chi connectivity index (χ1v) is 8.42. The minimum Gasteiger partial charge on any atom is -0.356 e. The van der Waals surface area contributed by atoms with Gasteiger partial charge >= 0.3 is 0 Å². The van der Waals surface area contributed by atoms with Crippen molar-refractivity contribution in [2.75, 3.05) is 33.7 Å². The highest BCUT2D eigenvalue weighted by molar-refractivity contribution is 5.84. The molecule has 1 amide bonds. The van der Waals surface area contributed by atoms with Gasteiger partial charge in [0.05, 0.1) is 0 Å². The van der Waals surface area contributed by atoms with Gasteiger partial charge in [0.2, 0.25) is 5.91 Å². The van der Waals surface area contributed by atoms with E-state index < -0.39 is 0 Å². The molecule has 2 rings (SSSR count). The molecule has 1 aliphatic rings. The number of hydrogen-bond donors (Lipinski definition) is 2. The Morgan fingerprint density at radius 2 is 2.00 bits per heavy atom. The van der Waals surface area contributed by atoms with Crippen molar-refractivity contribution in [2.45, 2.75) is 19.3 Å². The molecule has 5 nitrogen and oxygen atoms in total. The van der Waals surface area contributed by atoms with Crippen molar-refractivity contribution < 1.29 is 4.79 Å². The average molecular weight is 328 g/mol. The van der Waals surface area contributed by atoms with Gasteiger partial charge in [-0.25, -0.2) is 4.99 Å². The summed E-state index contributed by atoms with van der Waals surface area (Å²) < 4.78 is 0. The summed E-state index contributed by atoms with van der Waals surface area (Å²) in [4.78, 5) is 17.6. The second-order valence-electron chi connectivity index (χ2n) is 6.64. The standard InChI is InChI=1S/C19H28N4O/c1-4-12-20-18(21-14-17(24)23(2)3)22-15-19(10-11-19)13-16-8-6-5-7-9-16/h4-9H,1,10-15H2,2-3H3,(H2,20,21,22). The largest absolute Gasteiger partial charge is 0.356 e. The third-order valence-corrected chi connectivity index (χ3v) is 4.29. The van der Waals surface area contributed by atoms with Crippen LogP contribution in [0.2, 0.25) is 0 Å². The molecule has 0 saturated heterocycles. The Hall–Kier alpha value is -2.30. The minimum atomic E-state index is -0.0138. The second-order valence-corrected chi connectivity index (χ2v) is 6.64. The maximum Gasteiger partial charge on any atom is 0.243 e. The monoisotopic (exact) mass is 328 g/mol. The maximum atomic E-state index is 11.7. The number of guanidine groups is 1. The van der Waals surface area contributed by atoms with Gasteiger partial charge in [0, 0.05) is 27.2 Å². The van der Waals surface area contributed by atoms with E-state index >= 15 is 0 Å². The topological polar surface area (TPSA) is 56.7 Å². The Balaban J connectivity index is 1.90. The van der Waals surface area contributed by atoms with Crippen LogP contribution < -0.4 is 10.6 Å². The molecule has 0 aromatic heterocycles. The number of amides is 1. The van der Waals surface area contributed by atoms with Crippen LogP contribution in [0.4, 0.5) is 0 Å². The van der Waals surface area contributed by atoms with Gasteiger partial charge in [0.15, 0.2) is 5.96 Å². The predicted octanol–water partition coefficient (Wildman–Crippen LogP) is 1.82. The minimum absolute atomic E-state index is 0.0138. The van der Waals surface area contributed by atoms with Crippen LogP contribution in [0.5, 0.6) is 0 Å². The van der Waals surface area contributed by atoms with Crippen LogP contribution in [-0.2, 0) is 11.2 Å². The second kappa shape index (κ2) is 8.52. The molecule has 2 N–H and O–H groups in total. The smallest absolute Gasteiger partial charge is 0.243 e. The first-order valence-electron chi connectivity index (χ1n) is 8.42. The number of rotatable bonds is 8. The molecule has 0 atom stereocenters. The van der Waals surface area contributed by atoms with Crippen molar-refractivity contribution in [3.8, 4) is 0 Å². The summed E-state index contributed by atoms with van der Waals surface area (Å²) in [5, 5.41) is 6.57. The molecule has 5 heteroatoms. The van der Waals surface area contributed by atoms with Crippen molar-refractivity contribution >= 4 is 11.9 Å². The van der Waals surface area contributed by atoms with E-state index in [9.17, 15) is 4.79 Å². The maximum absolute atomic E-state index is 11.7. The molecule has 1 fully saturated rings. The lowest BCUT2D eigenvalue weighted by Gasteiger charge is -2.19. The Kier molecular flexibility index (Phi) is 6.41. The first kappa shape index (κ1) is 18.0. The van der Waals surface area contributed by atoms with Gasteiger partial charge in [-0.1, -0.05) is 36.4 Å². The molecule has 130 valence electrons. The van der Waals surface area contributed by atoms with E-state index in [1.54, 1.807) is 25.1 Å². The van der Waals surface area contributed by atoms with Gasteiger partial charge in [0.25, 0.3) is 0 Å². The van der Waals surface area contributed by atoms with Crippen LogP contribution in [-0.4, -0.2) is 50.5 Å². The number of carbonyl (C=O) groups excluding carboxylic acids is 1. The fourth-order valence-corrected chi connectivity index (χ4v) is 2.52. The van der Waals surface area contributed by atoms with Crippen LogP contribution in [0.1, 0.15) is 18.4 Å². The lowest BCUT2D eigenvalue weighted by Crippen LogP contribution is -2.41. The van der Waals surface area contributed by atoms with Crippen molar-refractivity contribution in [1.82, 2.24) is 15.5 Å². The van der Waals surface area contributed by atoms with E-state index in [0.29, 0.717) is 17.9 Å². The van der Waals surface area contributed by atoms with Gasteiger partial charge in [-0.3, -0.25) is 4.79 Å². The molecule has 1 aromatic carbocycles. The summed E-state index contributed by atoms with van der Waals surface area (Å²) >= 11 is 0. The van der Waals surface area contributed by atoms with E-state index in [2.05, 4.69) is 46.5 Å². The van der Waals surface area contributed by atoms with Crippen molar-refractivity contribution in [2.24, 2.45) is 10.4 Å². The highest BCUT2D eigenvalue weighted by Gasteiger charge is 2.42. The lowest BCUT2D eigenvalue weighted by atomic mass is 9.96. The number of carbonyl (C=O) groups is 1. The van der Waals surface area contributed by atoms with Crippen LogP contribution >= 0.6 is 0 Å². The average Bonchev–Trinajstić information content (AvgIpc) is 3.34. The molecule has 0 radical (unpaired) electrons. The fourth-order valence-electron chi connectivity index (χ4n) is 2.52. The van der Waals surface area contributed by atoms with Gasteiger partial charge in [0.1, 0.15) is 6.54 Å². The Morgan fingerprint density at radius 3 is 2.58 bits per heavy atom. The normalized spacial score (nSPS) is 15.5. The molecule has 0 unspecified atom stereocenters. The number of hydrogen-bond acceptors (Lipinski definition) is 2. The van der Waals surface area contributed by atoms with Gasteiger partial charge in [-0.2, -0.15) is 0 Å². The number of benzene rings is 1. The van der Waals surface area contributed by atoms with Crippen molar-refractivity contribution in [3.63, 3.8) is 0 Å². The lowest BCUT2D eigenvalue weighted by molar-refractivity contribution is -0.127. The van der Waals surface area contributed by atoms with Gasteiger partial charge in [-0.05, 0) is 30.2 Å². The highest BCUT2D eigenvalue weighted by atomic mass is 16.2. The summed E-state index contributed by atoms with van der Waals surface area (Å²) in [6.45, 7) is 5.34. The third-order valence-electron chi connectivity index (χ3n) is 4.29. The molecule has 0 aliphatic heterocycles. The molecule has 1 aliphatic carbocycles. The van der Waals surface area contributed by atoms with Crippen molar-refractivity contribution in [3.05, 3.63) is 48.6 Å². The van der Waals surface area contributed by atoms with Gasteiger partial charge < -0.3 is 15.5 Å². The molecular weight excluding hydrogens is 300 g/mol. The molecular formula is C19H28N4O. The Morgan fingerprint density at radius 1 is 1.29 bits per heavy atom. The summed E-state index contributed by atoms with van der Waals surface area (Å²) in [6.07, 6.45) is 5.30. The predicted molar refractivity (Wildman–Crippen MR) is 99.0 cm³/mol. The molecule has 1 aromatic rings. The zero-order chi connectivity index (χ0) is 17.4. The summed E-state index contributed by atoms with van der Waals surface area (Å²) in [5.41, 5.74) is 1.68. The Bertz CT molecular complexity index is 576.